The van der Waals surface area contributed by atoms with Gasteiger partial charge in [0.05, 0.1) is 7.11 Å². The second-order valence-electron chi connectivity index (χ2n) is 10.0. The van der Waals surface area contributed by atoms with E-state index >= 15 is 0 Å². The van der Waals surface area contributed by atoms with Gasteiger partial charge in [-0.15, -0.1) is 0 Å². The molecule has 1 fully saturated rings. The van der Waals surface area contributed by atoms with E-state index in [1.54, 1.807) is 17.0 Å². The highest BCUT2D eigenvalue weighted by Gasteiger charge is 2.38. The fourth-order valence-corrected chi connectivity index (χ4v) is 4.48. The van der Waals surface area contributed by atoms with Crippen molar-refractivity contribution in [1.82, 2.24) is 20.2 Å². The average Bonchev–Trinajstić information content (AvgIpc) is 3.29. The summed E-state index contributed by atoms with van der Waals surface area (Å²) in [7, 11) is 1.31. The first kappa shape index (κ1) is 25.5. The highest BCUT2D eigenvalue weighted by Crippen LogP contribution is 2.28. The van der Waals surface area contributed by atoms with Crippen LogP contribution in [0.25, 0.3) is 0 Å². The monoisotopic (exact) mass is 468 g/mol. The van der Waals surface area contributed by atoms with E-state index in [4.69, 9.17) is 4.74 Å². The third kappa shape index (κ3) is 6.46. The Morgan fingerprint density at radius 2 is 1.76 bits per heavy atom. The number of nitrogens with one attached hydrogen (secondary N) is 2. The molecular weight excluding hydrogens is 432 g/mol. The van der Waals surface area contributed by atoms with E-state index in [1.165, 1.54) is 7.11 Å². The van der Waals surface area contributed by atoms with Gasteiger partial charge in [-0.1, -0.05) is 70.4 Å². The number of aromatic nitrogens is 2. The minimum atomic E-state index is -0.826. The fraction of sp³-hybridized carbons (Fsp3) is 0.538. The Labute approximate surface area is 201 Å². The number of benzene rings is 1. The van der Waals surface area contributed by atoms with Crippen LogP contribution in [-0.2, 0) is 20.9 Å². The number of hydrogen-bond acceptors (Lipinski definition) is 5. The molecule has 0 bridgehead atoms. The zero-order chi connectivity index (χ0) is 24.7. The van der Waals surface area contributed by atoms with Gasteiger partial charge in [-0.3, -0.25) is 9.59 Å². The van der Waals surface area contributed by atoms with E-state index < -0.39 is 29.4 Å². The molecule has 8 nitrogen and oxygen atoms in total. The van der Waals surface area contributed by atoms with Crippen molar-refractivity contribution < 1.29 is 19.1 Å². The molecule has 0 radical (unpaired) electrons. The highest BCUT2D eigenvalue weighted by atomic mass is 16.5. The predicted molar refractivity (Wildman–Crippen MR) is 129 cm³/mol. The summed E-state index contributed by atoms with van der Waals surface area (Å²) in [6.45, 7) is 6.09. The minimum Gasteiger partial charge on any atom is -0.467 e. The van der Waals surface area contributed by atoms with Crippen LogP contribution in [0.4, 0.5) is 0 Å². The third-order valence-corrected chi connectivity index (χ3v) is 6.39. The van der Waals surface area contributed by atoms with Crippen molar-refractivity contribution in [3.63, 3.8) is 0 Å². The SMILES string of the molecule is COC(=O)[C@@H](NC(=O)C(NC(=O)c1nccn1Cc1ccccc1)C1CCCCC1)C(C)(C)C. The molecule has 3 rings (SSSR count). The van der Waals surface area contributed by atoms with Crippen LogP contribution in [0.15, 0.2) is 42.7 Å². The van der Waals surface area contributed by atoms with Gasteiger partial charge in [0.15, 0.2) is 5.82 Å². The number of nitrogens with zero attached hydrogens (tertiary/aromatic N) is 2. The Kier molecular flexibility index (Phi) is 8.47. The Morgan fingerprint density at radius 1 is 1.09 bits per heavy atom. The largest absolute Gasteiger partial charge is 0.467 e. The molecule has 1 aromatic heterocycles. The molecule has 2 atom stereocenters. The third-order valence-electron chi connectivity index (χ3n) is 6.39. The minimum absolute atomic E-state index is 0.00602. The van der Waals surface area contributed by atoms with E-state index in [9.17, 15) is 14.4 Å². The topological polar surface area (TPSA) is 102 Å². The number of imidazole rings is 1. The summed E-state index contributed by atoms with van der Waals surface area (Å²) in [5.41, 5.74) is 0.498. The van der Waals surface area contributed by atoms with Crippen molar-refractivity contribution in [1.29, 1.82) is 0 Å². The Balaban J connectivity index is 1.80. The molecule has 34 heavy (non-hydrogen) atoms. The molecule has 2 N–H and O–H groups in total. The molecule has 0 spiro atoms. The second-order valence-corrected chi connectivity index (χ2v) is 10.0. The number of amides is 2. The van der Waals surface area contributed by atoms with E-state index in [-0.39, 0.29) is 17.6 Å². The molecule has 1 saturated carbocycles. The number of carbonyl (C=O) groups is 3. The summed E-state index contributed by atoms with van der Waals surface area (Å²) < 4.78 is 6.69. The van der Waals surface area contributed by atoms with Crippen molar-refractivity contribution in [2.75, 3.05) is 7.11 Å². The standard InChI is InChI=1S/C26H36N4O4/c1-26(2,3)21(25(33)34-4)29-23(31)20(19-13-9-6-10-14-19)28-24(32)22-27-15-16-30(22)17-18-11-7-5-8-12-18/h5,7-8,11-12,15-16,19-21H,6,9-10,13-14,17H2,1-4H3,(H,28,32)(H,29,31)/t20?,21-/m1/s1. The number of hydrogen-bond donors (Lipinski definition) is 2. The summed E-state index contributed by atoms with van der Waals surface area (Å²) >= 11 is 0. The van der Waals surface area contributed by atoms with Gasteiger partial charge in [0, 0.05) is 18.9 Å². The average molecular weight is 469 g/mol. The summed E-state index contributed by atoms with van der Waals surface area (Å²) in [6, 6.07) is 8.22. The van der Waals surface area contributed by atoms with Gasteiger partial charge in [-0.25, -0.2) is 9.78 Å². The maximum atomic E-state index is 13.4. The molecule has 1 aliphatic carbocycles. The molecule has 8 heteroatoms. The Morgan fingerprint density at radius 3 is 2.38 bits per heavy atom. The van der Waals surface area contributed by atoms with Crippen molar-refractivity contribution >= 4 is 17.8 Å². The van der Waals surface area contributed by atoms with Crippen LogP contribution in [0.5, 0.6) is 0 Å². The predicted octanol–water partition coefficient (Wildman–Crippen LogP) is 3.31. The summed E-state index contributed by atoms with van der Waals surface area (Å²) in [5.74, 6) is -1.04. The quantitative estimate of drug-likeness (QED) is 0.579. The lowest BCUT2D eigenvalue weighted by atomic mass is 9.82. The lowest BCUT2D eigenvalue weighted by molar-refractivity contribution is -0.148. The lowest BCUT2D eigenvalue weighted by Gasteiger charge is -2.34. The second kappa shape index (κ2) is 11.3. The number of esters is 1. The van der Waals surface area contributed by atoms with Gasteiger partial charge < -0.3 is 19.9 Å². The first-order chi connectivity index (χ1) is 16.2. The van der Waals surface area contributed by atoms with E-state index in [0.717, 1.165) is 37.7 Å². The first-order valence-corrected chi connectivity index (χ1v) is 11.9. The van der Waals surface area contributed by atoms with Crippen molar-refractivity contribution in [3.8, 4) is 0 Å². The summed E-state index contributed by atoms with van der Waals surface area (Å²) in [4.78, 5) is 43.4. The van der Waals surface area contributed by atoms with Crippen molar-refractivity contribution in [2.24, 2.45) is 11.3 Å². The van der Waals surface area contributed by atoms with Crippen LogP contribution in [0.3, 0.4) is 0 Å². The van der Waals surface area contributed by atoms with Crippen LogP contribution in [0, 0.1) is 11.3 Å². The van der Waals surface area contributed by atoms with Crippen molar-refractivity contribution in [3.05, 3.63) is 54.1 Å². The summed E-state index contributed by atoms with van der Waals surface area (Å²) in [5, 5.41) is 5.80. The normalized spacial score (nSPS) is 16.4. The van der Waals surface area contributed by atoms with Gasteiger partial charge in [0.25, 0.3) is 5.91 Å². The van der Waals surface area contributed by atoms with Crippen LogP contribution < -0.4 is 10.6 Å². The van der Waals surface area contributed by atoms with Crippen LogP contribution in [-0.4, -0.2) is 46.5 Å². The molecule has 0 aliphatic heterocycles. The number of ether oxygens (including phenoxy) is 1. The molecule has 0 saturated heterocycles. The molecular formula is C26H36N4O4. The number of carbonyl (C=O) groups excluding carboxylic acids is 3. The van der Waals surface area contributed by atoms with Gasteiger partial charge in [0.1, 0.15) is 12.1 Å². The van der Waals surface area contributed by atoms with E-state index in [0.29, 0.717) is 6.54 Å². The van der Waals surface area contributed by atoms with Gasteiger partial charge in [0.2, 0.25) is 5.91 Å². The smallest absolute Gasteiger partial charge is 0.328 e. The maximum absolute atomic E-state index is 13.4. The van der Waals surface area contributed by atoms with Crippen molar-refractivity contribution in [2.45, 2.75) is 71.5 Å². The highest BCUT2D eigenvalue weighted by molar-refractivity contribution is 5.96. The molecule has 1 aromatic carbocycles. The maximum Gasteiger partial charge on any atom is 0.328 e. The molecule has 1 aliphatic rings. The van der Waals surface area contributed by atoms with Gasteiger partial charge >= 0.3 is 5.97 Å². The molecule has 1 unspecified atom stereocenters. The van der Waals surface area contributed by atoms with E-state index in [2.05, 4.69) is 15.6 Å². The first-order valence-electron chi connectivity index (χ1n) is 11.9. The van der Waals surface area contributed by atoms with Gasteiger partial charge in [-0.2, -0.15) is 0 Å². The molecule has 2 aromatic rings. The molecule has 2 amide bonds. The van der Waals surface area contributed by atoms with Crippen LogP contribution in [0.1, 0.15) is 69.1 Å². The Hall–Kier alpha value is -3.16. The van der Waals surface area contributed by atoms with Crippen LogP contribution >= 0.6 is 0 Å². The molecule has 1 heterocycles. The number of rotatable bonds is 8. The summed E-state index contributed by atoms with van der Waals surface area (Å²) in [6.07, 6.45) is 8.15. The van der Waals surface area contributed by atoms with Crippen LogP contribution in [0.2, 0.25) is 0 Å². The Bertz CT molecular complexity index is 974. The zero-order valence-corrected chi connectivity index (χ0v) is 20.5. The fourth-order valence-electron chi connectivity index (χ4n) is 4.48. The van der Waals surface area contributed by atoms with Gasteiger partial charge in [-0.05, 0) is 29.7 Å². The lowest BCUT2D eigenvalue weighted by Crippen LogP contribution is -2.58. The van der Waals surface area contributed by atoms with E-state index in [1.807, 2.05) is 51.1 Å². The number of methoxy groups -OCH3 is 1. The molecule has 184 valence electrons. The zero-order valence-electron chi connectivity index (χ0n) is 20.5.